The zero-order chi connectivity index (χ0) is 22.4. The highest BCUT2D eigenvalue weighted by atomic mass is 35.5. The Labute approximate surface area is 186 Å². The first-order chi connectivity index (χ1) is 14.7. The number of aromatic nitrogens is 2. The highest BCUT2D eigenvalue weighted by Gasteiger charge is 2.25. The molecule has 3 aromatic rings. The van der Waals surface area contributed by atoms with Crippen molar-refractivity contribution in [2.75, 3.05) is 0 Å². The summed E-state index contributed by atoms with van der Waals surface area (Å²) in [7, 11) is 0. The number of ether oxygens (including phenoxy) is 1. The zero-order valence-electron chi connectivity index (χ0n) is 17.7. The third-order valence-corrected chi connectivity index (χ3v) is 4.54. The van der Waals surface area contributed by atoms with Crippen molar-refractivity contribution in [3.63, 3.8) is 0 Å². The van der Waals surface area contributed by atoms with Gasteiger partial charge < -0.3 is 15.4 Å². The maximum absolute atomic E-state index is 12.9. The number of alkyl carbamates (subject to hydrolysis) is 1. The molecule has 0 saturated heterocycles. The number of rotatable bonds is 6. The summed E-state index contributed by atoms with van der Waals surface area (Å²) in [5, 5.41) is 7.87. The molecule has 162 valence electrons. The number of benzene rings is 2. The van der Waals surface area contributed by atoms with Crippen LogP contribution in [-0.4, -0.2) is 33.6 Å². The average Bonchev–Trinajstić information content (AvgIpc) is 2.70. The van der Waals surface area contributed by atoms with Crippen molar-refractivity contribution in [2.24, 2.45) is 0 Å². The SMILES string of the molecule is CC(C)(C)OC(=O)N[C@@H](Cc1ccc2ccccc2c1)C(=O)NCc1cncc(Cl)n1. The predicted octanol–water partition coefficient (Wildman–Crippen LogP) is 4.04. The maximum atomic E-state index is 12.9. The fraction of sp³-hybridized carbons (Fsp3) is 0.304. The third-order valence-electron chi connectivity index (χ3n) is 4.36. The first kappa shape index (κ1) is 22.5. The highest BCUT2D eigenvalue weighted by molar-refractivity contribution is 6.29. The van der Waals surface area contributed by atoms with Crippen LogP contribution < -0.4 is 10.6 Å². The maximum Gasteiger partial charge on any atom is 0.408 e. The van der Waals surface area contributed by atoms with Crippen molar-refractivity contribution in [1.82, 2.24) is 20.6 Å². The van der Waals surface area contributed by atoms with Gasteiger partial charge >= 0.3 is 6.09 Å². The summed E-state index contributed by atoms with van der Waals surface area (Å²) >= 11 is 5.85. The van der Waals surface area contributed by atoms with E-state index < -0.39 is 17.7 Å². The number of nitrogens with one attached hydrogen (secondary N) is 2. The van der Waals surface area contributed by atoms with E-state index in [1.54, 1.807) is 20.8 Å². The second-order valence-electron chi connectivity index (χ2n) is 8.14. The van der Waals surface area contributed by atoms with Gasteiger partial charge in [0.05, 0.1) is 24.6 Å². The molecule has 1 atom stereocenters. The quantitative estimate of drug-likeness (QED) is 0.603. The molecule has 2 aromatic carbocycles. The minimum absolute atomic E-state index is 0.136. The van der Waals surface area contributed by atoms with Gasteiger partial charge in [0.25, 0.3) is 0 Å². The standard InChI is InChI=1S/C23H25ClN4O3/c1-23(2,3)31-22(30)28-19(21(29)26-13-18-12-25-14-20(24)27-18)11-15-8-9-16-6-4-5-7-17(16)10-15/h4-10,12,14,19H,11,13H2,1-3H3,(H,26,29)(H,28,30)/t19-/m0/s1. The number of carbonyl (C=O) groups excluding carboxylic acids is 2. The van der Waals surface area contributed by atoms with E-state index >= 15 is 0 Å². The molecule has 0 radical (unpaired) electrons. The van der Waals surface area contributed by atoms with Crippen molar-refractivity contribution in [1.29, 1.82) is 0 Å². The van der Waals surface area contributed by atoms with Crippen LogP contribution in [0.1, 0.15) is 32.0 Å². The van der Waals surface area contributed by atoms with Gasteiger partial charge in [-0.05, 0) is 37.1 Å². The lowest BCUT2D eigenvalue weighted by molar-refractivity contribution is -0.123. The van der Waals surface area contributed by atoms with Crippen LogP contribution >= 0.6 is 11.6 Å². The van der Waals surface area contributed by atoms with Crippen molar-refractivity contribution in [3.8, 4) is 0 Å². The molecule has 0 fully saturated rings. The lowest BCUT2D eigenvalue weighted by atomic mass is 10.0. The van der Waals surface area contributed by atoms with E-state index in [0.29, 0.717) is 12.1 Å². The Hall–Kier alpha value is -3.19. The summed E-state index contributed by atoms with van der Waals surface area (Å²) in [6, 6.07) is 13.1. The molecule has 7 nitrogen and oxygen atoms in total. The summed E-state index contributed by atoms with van der Waals surface area (Å²) in [5.74, 6) is -0.360. The van der Waals surface area contributed by atoms with Gasteiger partial charge in [0.2, 0.25) is 5.91 Å². The molecule has 8 heteroatoms. The first-order valence-corrected chi connectivity index (χ1v) is 10.3. The van der Waals surface area contributed by atoms with Gasteiger partial charge in [-0.1, -0.05) is 54.1 Å². The van der Waals surface area contributed by atoms with Crippen molar-refractivity contribution < 1.29 is 14.3 Å². The second-order valence-corrected chi connectivity index (χ2v) is 8.52. The number of carbonyl (C=O) groups is 2. The normalized spacial score (nSPS) is 12.3. The van der Waals surface area contributed by atoms with E-state index in [2.05, 4.69) is 20.6 Å². The fourth-order valence-corrected chi connectivity index (χ4v) is 3.19. The van der Waals surface area contributed by atoms with Crippen LogP contribution in [-0.2, 0) is 22.5 Å². The van der Waals surface area contributed by atoms with E-state index in [9.17, 15) is 9.59 Å². The molecule has 2 N–H and O–H groups in total. The monoisotopic (exact) mass is 440 g/mol. The Kier molecular flexibility index (Phi) is 7.07. The highest BCUT2D eigenvalue weighted by Crippen LogP contribution is 2.17. The van der Waals surface area contributed by atoms with Crippen LogP contribution in [0.2, 0.25) is 5.15 Å². The van der Waals surface area contributed by atoms with Crippen LogP contribution in [0.5, 0.6) is 0 Å². The number of halogens is 1. The molecule has 0 saturated carbocycles. The Balaban J connectivity index is 1.75. The molecular weight excluding hydrogens is 416 g/mol. The molecule has 31 heavy (non-hydrogen) atoms. The second kappa shape index (κ2) is 9.75. The number of fused-ring (bicyclic) bond motifs is 1. The summed E-state index contributed by atoms with van der Waals surface area (Å²) in [4.78, 5) is 33.3. The first-order valence-electron chi connectivity index (χ1n) is 9.91. The molecule has 0 aliphatic carbocycles. The van der Waals surface area contributed by atoms with E-state index in [1.165, 1.54) is 12.4 Å². The zero-order valence-corrected chi connectivity index (χ0v) is 18.4. The minimum Gasteiger partial charge on any atom is -0.444 e. The van der Waals surface area contributed by atoms with E-state index in [0.717, 1.165) is 16.3 Å². The van der Waals surface area contributed by atoms with Crippen molar-refractivity contribution in [3.05, 3.63) is 71.3 Å². The molecule has 0 unspecified atom stereocenters. The Morgan fingerprint density at radius 1 is 1.10 bits per heavy atom. The largest absolute Gasteiger partial charge is 0.444 e. The number of hydrogen-bond acceptors (Lipinski definition) is 5. The van der Waals surface area contributed by atoms with E-state index in [-0.39, 0.29) is 17.6 Å². The van der Waals surface area contributed by atoms with Crippen LogP contribution in [0.15, 0.2) is 54.9 Å². The lowest BCUT2D eigenvalue weighted by Crippen LogP contribution is -2.49. The lowest BCUT2D eigenvalue weighted by Gasteiger charge is -2.23. The summed E-state index contributed by atoms with van der Waals surface area (Å²) < 4.78 is 5.33. The van der Waals surface area contributed by atoms with E-state index in [1.807, 2.05) is 42.5 Å². The minimum atomic E-state index is -0.830. The van der Waals surface area contributed by atoms with Gasteiger partial charge in [-0.15, -0.1) is 0 Å². The van der Waals surface area contributed by atoms with Crippen molar-refractivity contribution in [2.45, 2.75) is 45.4 Å². The molecule has 0 bridgehead atoms. The molecule has 1 heterocycles. The number of hydrogen-bond donors (Lipinski definition) is 2. The molecule has 3 rings (SSSR count). The summed E-state index contributed by atoms with van der Waals surface area (Å²) in [5.41, 5.74) is 0.754. The Bertz CT molecular complexity index is 1080. The molecule has 1 aromatic heterocycles. The van der Waals surface area contributed by atoms with Gasteiger partial charge in [-0.3, -0.25) is 9.78 Å². The van der Waals surface area contributed by atoms with Gasteiger partial charge in [0.1, 0.15) is 16.8 Å². The van der Waals surface area contributed by atoms with Crippen molar-refractivity contribution >= 4 is 34.4 Å². The molecule has 2 amide bonds. The van der Waals surface area contributed by atoms with Gasteiger partial charge in [0.15, 0.2) is 0 Å². The van der Waals surface area contributed by atoms with E-state index in [4.69, 9.17) is 16.3 Å². The van der Waals surface area contributed by atoms with Gasteiger partial charge in [-0.25, -0.2) is 9.78 Å². The summed E-state index contributed by atoms with van der Waals surface area (Å²) in [6.45, 7) is 5.44. The predicted molar refractivity (Wildman–Crippen MR) is 120 cm³/mol. The fourth-order valence-electron chi connectivity index (χ4n) is 3.03. The summed E-state index contributed by atoms with van der Waals surface area (Å²) in [6.07, 6.45) is 2.58. The average molecular weight is 441 g/mol. The molecule has 0 aliphatic rings. The van der Waals surface area contributed by atoms with Crippen LogP contribution in [0.25, 0.3) is 10.8 Å². The molecule has 0 spiro atoms. The van der Waals surface area contributed by atoms with Gasteiger partial charge in [0, 0.05) is 6.42 Å². The molecular formula is C23H25ClN4O3. The number of nitrogens with zero attached hydrogens (tertiary/aromatic N) is 2. The smallest absolute Gasteiger partial charge is 0.408 e. The third kappa shape index (κ3) is 6.93. The Morgan fingerprint density at radius 2 is 1.84 bits per heavy atom. The molecule has 0 aliphatic heterocycles. The number of amides is 2. The van der Waals surface area contributed by atoms with Crippen LogP contribution in [0.3, 0.4) is 0 Å². The van der Waals surface area contributed by atoms with Crippen LogP contribution in [0, 0.1) is 0 Å². The topological polar surface area (TPSA) is 93.2 Å². The Morgan fingerprint density at radius 3 is 2.55 bits per heavy atom. The van der Waals surface area contributed by atoms with Crippen LogP contribution in [0.4, 0.5) is 4.79 Å². The van der Waals surface area contributed by atoms with Gasteiger partial charge in [-0.2, -0.15) is 0 Å².